The number of nitrogens with zero attached hydrogens (tertiary/aromatic N) is 2. The van der Waals surface area contributed by atoms with Crippen LogP contribution >= 0.6 is 0 Å². The topological polar surface area (TPSA) is 151 Å². The highest BCUT2D eigenvalue weighted by molar-refractivity contribution is 6.13. The number of ether oxygens (including phenoxy) is 2. The van der Waals surface area contributed by atoms with Crippen LogP contribution in [0.3, 0.4) is 0 Å². The van der Waals surface area contributed by atoms with E-state index in [-0.39, 0.29) is 36.1 Å². The van der Waals surface area contributed by atoms with Gasteiger partial charge in [0.2, 0.25) is 11.8 Å². The van der Waals surface area contributed by atoms with Crippen LogP contribution in [-0.2, 0) is 28.8 Å². The van der Waals surface area contributed by atoms with E-state index in [1.807, 2.05) is 49.4 Å². The monoisotopic (exact) mass is 834 g/mol. The van der Waals surface area contributed by atoms with E-state index in [0.29, 0.717) is 60.6 Å². The summed E-state index contributed by atoms with van der Waals surface area (Å²) >= 11 is 0. The lowest BCUT2D eigenvalue weighted by Crippen LogP contribution is -2.31. The first-order valence-electron chi connectivity index (χ1n) is 24.3. The minimum Gasteiger partial charge on any atom is -0.457 e. The zero-order chi connectivity index (χ0) is 51.1. The molecule has 2 N–H and O–H groups in total. The number of rotatable bonds is 14. The zero-order valence-corrected chi connectivity index (χ0v) is 32.7. The highest BCUT2D eigenvalue weighted by atomic mass is 16.5. The van der Waals surface area contributed by atoms with Gasteiger partial charge in [-0.25, -0.2) is 0 Å². The predicted octanol–water partition coefficient (Wildman–Crippen LogP) is 8.22. The molecule has 0 saturated carbocycles. The molecule has 0 radical (unpaired) electrons. The lowest BCUT2D eigenvalue weighted by molar-refractivity contribution is -0.138. The molecule has 61 heavy (non-hydrogen) atoms. The molecule has 12 nitrogen and oxygen atoms in total. The Labute approximate surface area is 370 Å². The van der Waals surface area contributed by atoms with Crippen LogP contribution in [0.25, 0.3) is 0 Å². The number of carbonyl (C=O) groups excluding carboxylic acids is 6. The van der Waals surface area contributed by atoms with Gasteiger partial charge in [0.15, 0.2) is 0 Å². The minimum atomic E-state index is -4.11. The van der Waals surface area contributed by atoms with Crippen LogP contribution in [0, 0.1) is 13.8 Å². The summed E-state index contributed by atoms with van der Waals surface area (Å²) in [7, 11) is 0. The Morgan fingerprint density at radius 1 is 0.574 bits per heavy atom. The molecule has 0 aliphatic carbocycles. The van der Waals surface area contributed by atoms with E-state index in [1.165, 1.54) is 17.1 Å². The molecule has 2 atom stereocenters. The van der Waals surface area contributed by atoms with E-state index in [1.54, 1.807) is 49.4 Å². The largest absolute Gasteiger partial charge is 0.457 e. The van der Waals surface area contributed by atoms with E-state index < -0.39 is 55.8 Å². The molecular weight excluding hydrogens is 773 g/mol. The number of amides is 6. The van der Waals surface area contributed by atoms with Crippen molar-refractivity contribution < 1.29 is 51.9 Å². The van der Waals surface area contributed by atoms with E-state index >= 15 is 0 Å². The normalized spacial score (nSPS) is 20.2. The fourth-order valence-corrected chi connectivity index (χ4v) is 6.94. The molecule has 0 aromatic heterocycles. The number of carbonyl (C=O) groups is 6. The quantitative estimate of drug-likeness (QED) is 0.0953. The molecule has 0 saturated heterocycles. The van der Waals surface area contributed by atoms with Crippen molar-refractivity contribution in [2.75, 3.05) is 13.0 Å². The van der Waals surface area contributed by atoms with Gasteiger partial charge in [0.25, 0.3) is 23.6 Å². The Morgan fingerprint density at radius 2 is 1.05 bits per heavy atom. The third kappa shape index (κ3) is 10.5. The number of aryl methyl sites for hydroxylation is 2. The number of unbranched alkanes of at least 4 members (excludes halogenated alkanes) is 2. The van der Waals surface area contributed by atoms with Crippen LogP contribution in [0.2, 0.25) is 0 Å². The summed E-state index contributed by atoms with van der Waals surface area (Å²) < 4.78 is 94.5. The van der Waals surface area contributed by atoms with Gasteiger partial charge >= 0.3 is 0 Å². The zero-order valence-electron chi connectivity index (χ0n) is 42.7. The Morgan fingerprint density at radius 3 is 1.59 bits per heavy atom. The van der Waals surface area contributed by atoms with Gasteiger partial charge in [-0.2, -0.15) is 0 Å². The van der Waals surface area contributed by atoms with E-state index in [0.717, 1.165) is 40.2 Å². The van der Waals surface area contributed by atoms with Gasteiger partial charge in [0.1, 0.15) is 23.0 Å². The van der Waals surface area contributed by atoms with Crippen molar-refractivity contribution in [3.05, 3.63) is 143 Å². The van der Waals surface area contributed by atoms with Crippen molar-refractivity contribution in [3.8, 4) is 23.0 Å². The molecule has 316 valence electrons. The Hall–Kier alpha value is -6.82. The van der Waals surface area contributed by atoms with Crippen LogP contribution in [-0.4, -0.2) is 58.3 Å². The first-order chi connectivity index (χ1) is 32.8. The molecule has 0 bridgehead atoms. The van der Waals surface area contributed by atoms with Crippen molar-refractivity contribution in [2.45, 2.75) is 84.5 Å². The molecule has 6 amide bonds. The lowest BCUT2D eigenvalue weighted by Gasteiger charge is -2.29. The van der Waals surface area contributed by atoms with E-state index in [2.05, 4.69) is 10.6 Å². The molecule has 0 spiro atoms. The fourth-order valence-electron chi connectivity index (χ4n) is 6.94. The average Bonchev–Trinajstić information content (AvgIpc) is 3.82. The Bertz CT molecular complexity index is 2820. The summed E-state index contributed by atoms with van der Waals surface area (Å²) in [6.07, 6.45) is -9.59. The predicted molar refractivity (Wildman–Crippen MR) is 231 cm³/mol. The summed E-state index contributed by atoms with van der Waals surface area (Å²) in [4.78, 5) is 74.2. The number of hydrogen-bond acceptors (Lipinski definition) is 8. The molecule has 12 heteroatoms. The number of nitrogens with one attached hydrogen (secondary N) is 2. The number of imide groups is 2. The number of fused-ring (bicyclic) bond motifs is 4. The fraction of sp³-hybridized carbons (Fsp3) is 0.306. The number of benzene rings is 4. The van der Waals surface area contributed by atoms with Gasteiger partial charge in [0.05, 0.1) is 12.1 Å². The van der Waals surface area contributed by atoms with Crippen molar-refractivity contribution in [2.24, 2.45) is 0 Å². The SMILES string of the molecule is C.Cc1ccc2c(c1)Oc1ccccc1C2NC(=O)CCCCCN1C(=O)C=CC1=O.[2H]C([2H])(C(=O)NC1c2ccccc2Oc2cc(C)ccc21)C([2H])([2H])C([2H])([2H])C([2H])([2H])C([2H])([2H])N1C(=O)C=CC1=O. The van der Waals surface area contributed by atoms with Crippen LogP contribution in [0.15, 0.2) is 109 Å². The first kappa shape index (κ1) is 32.0. The summed E-state index contributed by atoms with van der Waals surface area (Å²) in [5.74, 6) is -2.59. The summed E-state index contributed by atoms with van der Waals surface area (Å²) in [6.45, 7) is 0.437. The van der Waals surface area contributed by atoms with Crippen LogP contribution < -0.4 is 20.1 Å². The van der Waals surface area contributed by atoms with Crippen molar-refractivity contribution >= 4 is 35.4 Å². The van der Waals surface area contributed by atoms with Gasteiger partial charge in [-0.1, -0.05) is 80.9 Å². The second-order valence-electron chi connectivity index (χ2n) is 14.2. The van der Waals surface area contributed by atoms with Crippen LogP contribution in [0.1, 0.15) is 118 Å². The first-order valence-corrected chi connectivity index (χ1v) is 19.3. The van der Waals surface area contributed by atoms with Gasteiger partial charge in [-0.3, -0.25) is 38.6 Å². The van der Waals surface area contributed by atoms with Crippen molar-refractivity contribution in [1.82, 2.24) is 20.4 Å². The third-order valence-electron chi connectivity index (χ3n) is 9.90. The molecule has 4 aliphatic heterocycles. The maximum absolute atomic E-state index is 13.4. The molecule has 4 aromatic carbocycles. The van der Waals surface area contributed by atoms with E-state index in [9.17, 15) is 28.8 Å². The van der Waals surface area contributed by atoms with Gasteiger partial charge < -0.3 is 20.1 Å². The highest BCUT2D eigenvalue weighted by Crippen LogP contribution is 2.44. The smallest absolute Gasteiger partial charge is 0.253 e. The van der Waals surface area contributed by atoms with Crippen molar-refractivity contribution in [1.29, 1.82) is 0 Å². The second kappa shape index (κ2) is 20.0. The standard InChI is InChI=1S/2C24H24N2O4.CH4/c2*1-16-10-11-18-20(15-16)30-19-8-5-4-7-17(19)24(18)25-21(27)9-3-2-6-14-26-22(28)12-13-23(26)29;/h2*4-5,7-8,10-13,15,24H,2-3,6,9,14H2,1H3,(H,25,27);1H4/i2D2,3D2,6D2,9D2,14D2;;. The number of para-hydroxylation sites is 2. The maximum atomic E-state index is 13.4. The highest BCUT2D eigenvalue weighted by Gasteiger charge is 2.30. The van der Waals surface area contributed by atoms with E-state index in [4.69, 9.17) is 23.2 Å². The average molecular weight is 835 g/mol. The van der Waals surface area contributed by atoms with Gasteiger partial charge in [-0.15, -0.1) is 0 Å². The lowest BCUT2D eigenvalue weighted by atomic mass is 9.93. The van der Waals surface area contributed by atoms with Crippen LogP contribution in [0.5, 0.6) is 23.0 Å². The molecule has 2 unspecified atom stereocenters. The number of hydrogen-bond donors (Lipinski definition) is 2. The minimum absolute atomic E-state index is 0. The Kier molecular flexibility index (Phi) is 10.5. The maximum Gasteiger partial charge on any atom is 0.253 e. The molecule has 4 heterocycles. The van der Waals surface area contributed by atoms with Crippen LogP contribution in [0.4, 0.5) is 0 Å². The van der Waals surface area contributed by atoms with Gasteiger partial charge in [0, 0.05) is 86.1 Å². The van der Waals surface area contributed by atoms with Crippen molar-refractivity contribution in [3.63, 3.8) is 0 Å². The summed E-state index contributed by atoms with van der Waals surface area (Å²) in [6, 6.07) is 24.0. The molecular formula is C49H52N4O8. The molecule has 0 fully saturated rings. The third-order valence-corrected chi connectivity index (χ3v) is 9.90. The molecule has 8 rings (SSSR count). The second-order valence-corrected chi connectivity index (χ2v) is 14.2. The Balaban J connectivity index is 0.000000238. The summed E-state index contributed by atoms with van der Waals surface area (Å²) in [5, 5.41) is 5.53. The summed E-state index contributed by atoms with van der Waals surface area (Å²) in [5.41, 5.74) is 4.62. The van der Waals surface area contributed by atoms with Gasteiger partial charge in [-0.05, 0) is 74.8 Å². The molecule has 4 aromatic rings. The molecule has 4 aliphatic rings.